The number of anilines is 1. The van der Waals surface area contributed by atoms with Crippen molar-refractivity contribution in [3.63, 3.8) is 0 Å². The predicted octanol–water partition coefficient (Wildman–Crippen LogP) is 3.44. The zero-order chi connectivity index (χ0) is 14.0. The fourth-order valence-corrected chi connectivity index (χ4v) is 2.84. The Bertz CT molecular complexity index is 656. The van der Waals surface area contributed by atoms with E-state index in [-0.39, 0.29) is 4.88 Å². The number of nitrogens with one attached hydrogen (secondary N) is 1. The van der Waals surface area contributed by atoms with Gasteiger partial charge in [0.25, 0.3) is 5.91 Å². The molecular weight excluding hydrogens is 384 g/mol. The second-order valence-corrected chi connectivity index (χ2v) is 5.79. The highest BCUT2D eigenvalue weighted by Gasteiger charge is 2.13. The first kappa shape index (κ1) is 13.9. The van der Waals surface area contributed by atoms with Crippen LogP contribution >= 0.6 is 33.9 Å². The molecule has 0 bridgehead atoms. The first-order valence-electron chi connectivity index (χ1n) is 5.07. The molecule has 0 unspecified atom stereocenters. The number of carboxylic acid groups (broad SMARTS) is 1. The highest BCUT2D eigenvalue weighted by molar-refractivity contribution is 14.1. The van der Waals surface area contributed by atoms with Crippen LogP contribution in [0.15, 0.2) is 30.3 Å². The minimum absolute atomic E-state index is 0.143. The summed E-state index contributed by atoms with van der Waals surface area (Å²) in [5.41, 5.74) is 0.340. The molecule has 1 aromatic carbocycles. The third kappa shape index (κ3) is 3.29. The Balaban J connectivity index is 2.18. The number of carboxylic acids is 1. The Morgan fingerprint density at radius 3 is 2.58 bits per heavy atom. The molecule has 0 spiro atoms. The fraction of sp³-hybridized carbons (Fsp3) is 0. The number of hydrogen-bond donors (Lipinski definition) is 2. The van der Waals surface area contributed by atoms with Crippen molar-refractivity contribution in [3.8, 4) is 0 Å². The molecule has 0 fully saturated rings. The Morgan fingerprint density at radius 1 is 1.26 bits per heavy atom. The topological polar surface area (TPSA) is 66.4 Å². The lowest BCUT2D eigenvalue weighted by atomic mass is 10.2. The fourth-order valence-electron chi connectivity index (χ4n) is 1.37. The zero-order valence-corrected chi connectivity index (χ0v) is 12.3. The number of aromatic carboxylic acids is 1. The first-order chi connectivity index (χ1) is 8.97. The molecule has 0 aliphatic carbocycles. The van der Waals surface area contributed by atoms with Crippen molar-refractivity contribution in [2.45, 2.75) is 0 Å². The third-order valence-electron chi connectivity index (χ3n) is 2.23. The lowest BCUT2D eigenvalue weighted by molar-refractivity contribution is 0.0702. The smallest absolute Gasteiger partial charge is 0.345 e. The summed E-state index contributed by atoms with van der Waals surface area (Å²) in [4.78, 5) is 22.8. The predicted molar refractivity (Wildman–Crippen MR) is 78.3 cm³/mol. The van der Waals surface area contributed by atoms with Crippen molar-refractivity contribution >= 4 is 50.8 Å². The van der Waals surface area contributed by atoms with Crippen LogP contribution < -0.4 is 5.32 Å². The lowest BCUT2D eigenvalue weighted by Gasteiger charge is -2.04. The van der Waals surface area contributed by atoms with Gasteiger partial charge in [0, 0.05) is 3.57 Å². The molecule has 2 rings (SSSR count). The van der Waals surface area contributed by atoms with E-state index < -0.39 is 17.7 Å². The van der Waals surface area contributed by atoms with E-state index in [0.717, 1.165) is 11.3 Å². The Labute approximate surface area is 125 Å². The highest BCUT2D eigenvalue weighted by Crippen LogP contribution is 2.23. The van der Waals surface area contributed by atoms with Crippen LogP contribution in [-0.2, 0) is 0 Å². The van der Waals surface area contributed by atoms with Gasteiger partial charge in [-0.05, 0) is 52.9 Å². The summed E-state index contributed by atoms with van der Waals surface area (Å²) in [6, 6.07) is 6.78. The van der Waals surface area contributed by atoms with Crippen LogP contribution in [0.4, 0.5) is 9.39 Å². The zero-order valence-electron chi connectivity index (χ0n) is 9.31. The summed E-state index contributed by atoms with van der Waals surface area (Å²) in [5.74, 6) is -1.85. The van der Waals surface area contributed by atoms with E-state index in [9.17, 15) is 14.0 Å². The van der Waals surface area contributed by atoms with Gasteiger partial charge >= 0.3 is 5.97 Å². The van der Waals surface area contributed by atoms with Gasteiger partial charge in [-0.15, -0.1) is 11.3 Å². The number of benzene rings is 1. The lowest BCUT2D eigenvalue weighted by Crippen LogP contribution is -2.12. The molecule has 2 N–H and O–H groups in total. The van der Waals surface area contributed by atoms with Crippen LogP contribution in [0, 0.1) is 9.39 Å². The number of halogens is 2. The van der Waals surface area contributed by atoms with E-state index in [1.165, 1.54) is 30.3 Å². The van der Waals surface area contributed by atoms with Crippen molar-refractivity contribution in [1.29, 1.82) is 0 Å². The molecule has 0 aliphatic rings. The van der Waals surface area contributed by atoms with E-state index in [0.29, 0.717) is 14.1 Å². The van der Waals surface area contributed by atoms with Crippen molar-refractivity contribution in [3.05, 3.63) is 50.2 Å². The average Bonchev–Trinajstić information content (AvgIpc) is 2.77. The first-order valence-corrected chi connectivity index (χ1v) is 6.96. The van der Waals surface area contributed by atoms with Crippen molar-refractivity contribution in [2.75, 3.05) is 5.32 Å². The van der Waals surface area contributed by atoms with E-state index >= 15 is 0 Å². The largest absolute Gasteiger partial charge is 0.477 e. The van der Waals surface area contributed by atoms with Crippen LogP contribution in [-0.4, -0.2) is 17.0 Å². The minimum Gasteiger partial charge on any atom is -0.477 e. The Hall–Kier alpha value is -1.48. The quantitative estimate of drug-likeness (QED) is 0.788. The normalized spacial score (nSPS) is 10.2. The summed E-state index contributed by atoms with van der Waals surface area (Å²) in [5, 5.41) is 11.8. The maximum Gasteiger partial charge on any atom is 0.345 e. The summed E-state index contributed by atoms with van der Waals surface area (Å²) < 4.78 is 13.4. The van der Waals surface area contributed by atoms with Crippen molar-refractivity contribution < 1.29 is 19.1 Å². The van der Waals surface area contributed by atoms with Crippen LogP contribution in [0.3, 0.4) is 0 Å². The molecule has 4 nitrogen and oxygen atoms in total. The van der Waals surface area contributed by atoms with Gasteiger partial charge in [0.1, 0.15) is 10.7 Å². The standard InChI is InChI=1S/C12H7FINO3S/c13-6-1-2-7(8(14)5-6)11(16)15-10-4-3-9(19-10)12(17)18/h1-5H,(H,15,16)(H,17,18). The van der Waals surface area contributed by atoms with Crippen molar-refractivity contribution in [1.82, 2.24) is 0 Å². The second-order valence-electron chi connectivity index (χ2n) is 3.55. The van der Waals surface area contributed by atoms with Gasteiger partial charge in [-0.3, -0.25) is 4.79 Å². The van der Waals surface area contributed by atoms with Gasteiger partial charge in [0.15, 0.2) is 0 Å². The second kappa shape index (κ2) is 5.66. The van der Waals surface area contributed by atoms with E-state index in [2.05, 4.69) is 5.32 Å². The van der Waals surface area contributed by atoms with Crippen LogP contribution in [0.2, 0.25) is 0 Å². The Kier molecular flexibility index (Phi) is 4.15. The molecular formula is C12H7FINO3S. The Morgan fingerprint density at radius 2 is 2.00 bits per heavy atom. The van der Waals surface area contributed by atoms with E-state index in [4.69, 9.17) is 5.11 Å². The number of carbonyl (C=O) groups is 2. The maximum atomic E-state index is 12.9. The molecule has 0 saturated carbocycles. The highest BCUT2D eigenvalue weighted by atomic mass is 127. The molecule has 19 heavy (non-hydrogen) atoms. The van der Waals surface area contributed by atoms with Gasteiger partial charge < -0.3 is 10.4 Å². The van der Waals surface area contributed by atoms with E-state index in [1.807, 2.05) is 22.6 Å². The number of hydrogen-bond acceptors (Lipinski definition) is 3. The molecule has 0 saturated heterocycles. The number of amides is 1. The molecule has 1 amide bonds. The average molecular weight is 391 g/mol. The van der Waals surface area contributed by atoms with E-state index in [1.54, 1.807) is 0 Å². The number of thiophene rings is 1. The monoisotopic (exact) mass is 391 g/mol. The molecule has 7 heteroatoms. The number of rotatable bonds is 3. The van der Waals surface area contributed by atoms with Gasteiger partial charge in [0.2, 0.25) is 0 Å². The van der Waals surface area contributed by atoms with Crippen LogP contribution in [0.1, 0.15) is 20.0 Å². The van der Waals surface area contributed by atoms with Crippen LogP contribution in [0.25, 0.3) is 0 Å². The number of carbonyl (C=O) groups excluding carboxylic acids is 1. The van der Waals surface area contributed by atoms with Gasteiger partial charge in [-0.25, -0.2) is 9.18 Å². The summed E-state index contributed by atoms with van der Waals surface area (Å²) >= 11 is 2.83. The summed E-state index contributed by atoms with van der Waals surface area (Å²) in [6.07, 6.45) is 0. The third-order valence-corrected chi connectivity index (χ3v) is 4.11. The van der Waals surface area contributed by atoms with Gasteiger partial charge in [-0.2, -0.15) is 0 Å². The van der Waals surface area contributed by atoms with Gasteiger partial charge in [0.05, 0.1) is 10.6 Å². The van der Waals surface area contributed by atoms with Gasteiger partial charge in [-0.1, -0.05) is 0 Å². The molecule has 2 aromatic rings. The maximum absolute atomic E-state index is 12.9. The SMILES string of the molecule is O=C(O)c1ccc(NC(=O)c2ccc(F)cc2I)s1. The molecule has 98 valence electrons. The molecule has 0 radical (unpaired) electrons. The summed E-state index contributed by atoms with van der Waals surface area (Å²) in [7, 11) is 0. The minimum atomic E-state index is -1.04. The summed E-state index contributed by atoms with van der Waals surface area (Å²) in [6.45, 7) is 0. The molecule has 1 aromatic heterocycles. The molecule has 1 heterocycles. The molecule has 0 atom stereocenters. The van der Waals surface area contributed by atoms with Crippen LogP contribution in [0.5, 0.6) is 0 Å². The molecule has 0 aliphatic heterocycles. The van der Waals surface area contributed by atoms with Crippen molar-refractivity contribution in [2.24, 2.45) is 0 Å².